The molecule has 0 heterocycles. The van der Waals surface area contributed by atoms with Crippen LogP contribution in [0, 0.1) is 0 Å². The predicted molar refractivity (Wildman–Crippen MR) is 79.6 cm³/mol. The molecule has 0 saturated heterocycles. The van der Waals surface area contributed by atoms with Crippen molar-refractivity contribution in [2.75, 3.05) is 12.3 Å². The van der Waals surface area contributed by atoms with Gasteiger partial charge in [0.05, 0.1) is 12.3 Å². The summed E-state index contributed by atoms with van der Waals surface area (Å²) in [5, 5.41) is 2.87. The van der Waals surface area contributed by atoms with Crippen molar-refractivity contribution in [2.24, 2.45) is 0 Å². The molecule has 0 aliphatic carbocycles. The van der Waals surface area contributed by atoms with E-state index in [1.807, 2.05) is 37.3 Å². The molecule has 0 atom stereocenters. The lowest BCUT2D eigenvalue weighted by Crippen LogP contribution is -2.22. The largest absolute Gasteiger partial charge is 0.492 e. The van der Waals surface area contributed by atoms with Crippen LogP contribution in [0.15, 0.2) is 48.5 Å². The van der Waals surface area contributed by atoms with Crippen LogP contribution >= 0.6 is 0 Å². The molecular weight excluding hydrogens is 252 g/mol. The number of hydrogen-bond donors (Lipinski definition) is 2. The summed E-state index contributed by atoms with van der Waals surface area (Å²) in [6, 6.07) is 14.8. The number of amides is 1. The van der Waals surface area contributed by atoms with Gasteiger partial charge < -0.3 is 15.8 Å². The quantitative estimate of drug-likeness (QED) is 0.821. The van der Waals surface area contributed by atoms with Crippen LogP contribution in [0.3, 0.4) is 0 Å². The highest BCUT2D eigenvalue weighted by Gasteiger charge is 2.08. The lowest BCUT2D eigenvalue weighted by atomic mass is 10.1. The van der Waals surface area contributed by atoms with Gasteiger partial charge in [0.15, 0.2) is 0 Å². The van der Waals surface area contributed by atoms with Crippen molar-refractivity contribution >= 4 is 11.6 Å². The molecule has 0 fully saturated rings. The molecule has 0 aliphatic heterocycles. The zero-order valence-electron chi connectivity index (χ0n) is 11.4. The molecule has 2 rings (SSSR count). The maximum atomic E-state index is 12.1. The molecule has 0 aliphatic rings. The highest BCUT2D eigenvalue weighted by molar-refractivity contribution is 5.95. The fraction of sp³-hybridized carbons (Fsp3) is 0.188. The maximum Gasteiger partial charge on any atom is 0.251 e. The van der Waals surface area contributed by atoms with Gasteiger partial charge in [-0.1, -0.05) is 30.3 Å². The maximum absolute atomic E-state index is 12.1. The molecule has 0 bridgehead atoms. The SMILES string of the molecule is CCOc1cc(C(=O)NCc2ccccc2)ccc1N. The van der Waals surface area contributed by atoms with Gasteiger partial charge >= 0.3 is 0 Å². The number of carbonyl (C=O) groups excluding carboxylic acids is 1. The van der Waals surface area contributed by atoms with Gasteiger partial charge in [0.25, 0.3) is 5.91 Å². The summed E-state index contributed by atoms with van der Waals surface area (Å²) in [6.07, 6.45) is 0. The molecule has 4 nitrogen and oxygen atoms in total. The normalized spacial score (nSPS) is 10.1. The van der Waals surface area contributed by atoms with Crippen LogP contribution in [0.1, 0.15) is 22.8 Å². The molecule has 0 spiro atoms. The van der Waals surface area contributed by atoms with E-state index in [4.69, 9.17) is 10.5 Å². The van der Waals surface area contributed by atoms with Crippen molar-refractivity contribution in [3.63, 3.8) is 0 Å². The minimum Gasteiger partial charge on any atom is -0.492 e. The summed E-state index contributed by atoms with van der Waals surface area (Å²) in [4.78, 5) is 12.1. The first-order chi connectivity index (χ1) is 9.70. The van der Waals surface area contributed by atoms with Crippen molar-refractivity contribution < 1.29 is 9.53 Å². The number of nitrogens with one attached hydrogen (secondary N) is 1. The number of nitrogens with two attached hydrogens (primary N) is 1. The number of ether oxygens (including phenoxy) is 1. The van der Waals surface area contributed by atoms with Crippen LogP contribution in [-0.2, 0) is 6.54 Å². The second kappa shape index (κ2) is 6.61. The molecular formula is C16H18N2O2. The van der Waals surface area contributed by atoms with E-state index in [9.17, 15) is 4.79 Å². The van der Waals surface area contributed by atoms with E-state index >= 15 is 0 Å². The number of carbonyl (C=O) groups is 1. The van der Waals surface area contributed by atoms with Gasteiger partial charge in [-0.3, -0.25) is 4.79 Å². The van der Waals surface area contributed by atoms with Crippen molar-refractivity contribution in [3.8, 4) is 5.75 Å². The first-order valence-electron chi connectivity index (χ1n) is 6.55. The molecule has 20 heavy (non-hydrogen) atoms. The Balaban J connectivity index is 2.04. The number of hydrogen-bond acceptors (Lipinski definition) is 3. The van der Waals surface area contributed by atoms with Gasteiger partial charge in [-0.25, -0.2) is 0 Å². The first kappa shape index (κ1) is 13.9. The molecule has 1 amide bonds. The molecule has 0 radical (unpaired) electrons. The van der Waals surface area contributed by atoms with Gasteiger partial charge in [0.1, 0.15) is 5.75 Å². The molecule has 4 heteroatoms. The topological polar surface area (TPSA) is 64.3 Å². The third-order valence-electron chi connectivity index (χ3n) is 2.87. The van der Waals surface area contributed by atoms with Gasteiger partial charge in [-0.15, -0.1) is 0 Å². The number of benzene rings is 2. The Morgan fingerprint density at radius 3 is 2.65 bits per heavy atom. The zero-order valence-corrected chi connectivity index (χ0v) is 11.4. The Morgan fingerprint density at radius 2 is 1.95 bits per heavy atom. The molecule has 2 aromatic carbocycles. The third kappa shape index (κ3) is 3.51. The van der Waals surface area contributed by atoms with E-state index in [1.165, 1.54) is 0 Å². The highest BCUT2D eigenvalue weighted by Crippen LogP contribution is 2.22. The van der Waals surface area contributed by atoms with Gasteiger partial charge in [-0.2, -0.15) is 0 Å². The molecule has 0 unspecified atom stereocenters. The first-order valence-corrected chi connectivity index (χ1v) is 6.55. The van der Waals surface area contributed by atoms with Gasteiger partial charge in [-0.05, 0) is 30.7 Å². The zero-order chi connectivity index (χ0) is 14.4. The smallest absolute Gasteiger partial charge is 0.251 e. The fourth-order valence-electron chi connectivity index (χ4n) is 1.84. The minimum absolute atomic E-state index is 0.144. The average molecular weight is 270 g/mol. The summed E-state index contributed by atoms with van der Waals surface area (Å²) in [7, 11) is 0. The Labute approximate surface area is 118 Å². The lowest BCUT2D eigenvalue weighted by molar-refractivity contribution is 0.0950. The van der Waals surface area contributed by atoms with Crippen LogP contribution in [0.5, 0.6) is 5.75 Å². The Hall–Kier alpha value is -2.49. The van der Waals surface area contributed by atoms with Crippen molar-refractivity contribution in [1.29, 1.82) is 0 Å². The van der Waals surface area contributed by atoms with Gasteiger partial charge in [0, 0.05) is 12.1 Å². The lowest BCUT2D eigenvalue weighted by Gasteiger charge is -2.10. The molecule has 0 saturated carbocycles. The highest BCUT2D eigenvalue weighted by atomic mass is 16.5. The van der Waals surface area contributed by atoms with Crippen LogP contribution in [0.2, 0.25) is 0 Å². The summed E-state index contributed by atoms with van der Waals surface area (Å²) >= 11 is 0. The van der Waals surface area contributed by atoms with Gasteiger partial charge in [0.2, 0.25) is 0 Å². The van der Waals surface area contributed by atoms with E-state index in [-0.39, 0.29) is 5.91 Å². The Morgan fingerprint density at radius 1 is 1.20 bits per heavy atom. The molecule has 0 aromatic heterocycles. The fourth-order valence-corrected chi connectivity index (χ4v) is 1.84. The molecule has 104 valence electrons. The van der Waals surface area contributed by atoms with Crippen LogP contribution in [-0.4, -0.2) is 12.5 Å². The van der Waals surface area contributed by atoms with Crippen molar-refractivity contribution in [1.82, 2.24) is 5.32 Å². The van der Waals surface area contributed by atoms with E-state index in [0.29, 0.717) is 30.2 Å². The van der Waals surface area contributed by atoms with E-state index in [1.54, 1.807) is 18.2 Å². The Bertz CT molecular complexity index is 582. The van der Waals surface area contributed by atoms with E-state index in [2.05, 4.69) is 5.32 Å². The second-order valence-electron chi connectivity index (χ2n) is 4.35. The number of anilines is 1. The van der Waals surface area contributed by atoms with Crippen LogP contribution in [0.4, 0.5) is 5.69 Å². The third-order valence-corrected chi connectivity index (χ3v) is 2.87. The summed E-state index contributed by atoms with van der Waals surface area (Å²) < 4.78 is 5.39. The second-order valence-corrected chi connectivity index (χ2v) is 4.35. The summed E-state index contributed by atoms with van der Waals surface area (Å²) in [6.45, 7) is 2.88. The number of rotatable bonds is 5. The molecule has 2 aromatic rings. The van der Waals surface area contributed by atoms with Crippen LogP contribution in [0.25, 0.3) is 0 Å². The average Bonchev–Trinajstić information content (AvgIpc) is 2.48. The molecule has 3 N–H and O–H groups in total. The standard InChI is InChI=1S/C16H18N2O2/c1-2-20-15-10-13(8-9-14(15)17)16(19)18-11-12-6-4-3-5-7-12/h3-10H,2,11,17H2,1H3,(H,18,19). The van der Waals surface area contributed by atoms with E-state index in [0.717, 1.165) is 5.56 Å². The summed E-state index contributed by atoms with van der Waals surface area (Å²) in [5.74, 6) is 0.398. The van der Waals surface area contributed by atoms with Crippen molar-refractivity contribution in [3.05, 3.63) is 59.7 Å². The van der Waals surface area contributed by atoms with E-state index < -0.39 is 0 Å². The number of nitrogen functional groups attached to an aromatic ring is 1. The van der Waals surface area contributed by atoms with Crippen LogP contribution < -0.4 is 15.8 Å². The summed E-state index contributed by atoms with van der Waals surface area (Å²) in [5.41, 5.74) is 7.91. The monoisotopic (exact) mass is 270 g/mol. The van der Waals surface area contributed by atoms with Crippen molar-refractivity contribution in [2.45, 2.75) is 13.5 Å². The Kier molecular flexibility index (Phi) is 4.60. The minimum atomic E-state index is -0.144. The predicted octanol–water partition coefficient (Wildman–Crippen LogP) is 2.60.